The van der Waals surface area contributed by atoms with Gasteiger partial charge in [0.05, 0.1) is 12.2 Å². The summed E-state index contributed by atoms with van der Waals surface area (Å²) in [6.07, 6.45) is 0. The molecule has 1 heterocycles. The number of anilines is 1. The van der Waals surface area contributed by atoms with E-state index in [1.54, 1.807) is 0 Å². The molecule has 1 aromatic heterocycles. The van der Waals surface area contributed by atoms with E-state index >= 15 is 0 Å². The van der Waals surface area contributed by atoms with Crippen molar-refractivity contribution in [2.45, 2.75) is 26.4 Å². The number of aromatic nitrogens is 1. The van der Waals surface area contributed by atoms with Crippen molar-refractivity contribution in [1.82, 2.24) is 4.98 Å². The predicted octanol–water partition coefficient (Wildman–Crippen LogP) is 3.81. The van der Waals surface area contributed by atoms with Crippen LogP contribution in [0.4, 0.5) is 5.69 Å². The van der Waals surface area contributed by atoms with Gasteiger partial charge in [0, 0.05) is 28.9 Å². The number of nitrogens with two attached hydrogens (primary N) is 1. The van der Waals surface area contributed by atoms with E-state index in [0.29, 0.717) is 0 Å². The molecule has 106 valence electrons. The Morgan fingerprint density at radius 3 is 2.70 bits per heavy atom. The van der Waals surface area contributed by atoms with Gasteiger partial charge < -0.3 is 10.6 Å². The van der Waals surface area contributed by atoms with Crippen molar-refractivity contribution in [1.29, 1.82) is 0 Å². The molecular formula is C16H20BrN3. The van der Waals surface area contributed by atoms with Crippen LogP contribution in [0.25, 0.3) is 0 Å². The van der Waals surface area contributed by atoms with Gasteiger partial charge in [0.1, 0.15) is 0 Å². The summed E-state index contributed by atoms with van der Waals surface area (Å²) < 4.78 is 1.06. The third-order valence-electron chi connectivity index (χ3n) is 3.24. The van der Waals surface area contributed by atoms with Gasteiger partial charge in [-0.2, -0.15) is 0 Å². The summed E-state index contributed by atoms with van der Waals surface area (Å²) in [5.41, 5.74) is 10.4. The highest BCUT2D eigenvalue weighted by molar-refractivity contribution is 9.10. The summed E-state index contributed by atoms with van der Waals surface area (Å²) in [6.45, 7) is 4.78. The van der Waals surface area contributed by atoms with Crippen LogP contribution in [0.2, 0.25) is 0 Å². The maximum Gasteiger partial charge on any atom is 0.0600 e. The second-order valence-corrected chi connectivity index (χ2v) is 6.03. The number of benzene rings is 1. The first-order valence-corrected chi connectivity index (χ1v) is 7.45. The molecule has 0 saturated carbocycles. The standard InChI is InChI=1S/C16H20BrN3/c1-11-5-4-6-14(19-11)10-20(3)16-9-13(17)7-8-15(16)12(2)18/h4-9,12H,10,18H2,1-3H3. The maximum atomic E-state index is 6.06. The van der Waals surface area contributed by atoms with E-state index in [4.69, 9.17) is 5.73 Å². The molecule has 0 saturated heterocycles. The van der Waals surface area contributed by atoms with Gasteiger partial charge >= 0.3 is 0 Å². The number of halogens is 1. The Morgan fingerprint density at radius 1 is 1.30 bits per heavy atom. The largest absolute Gasteiger partial charge is 0.368 e. The van der Waals surface area contributed by atoms with E-state index < -0.39 is 0 Å². The van der Waals surface area contributed by atoms with Gasteiger partial charge in [-0.15, -0.1) is 0 Å². The molecule has 3 nitrogen and oxygen atoms in total. The van der Waals surface area contributed by atoms with E-state index in [0.717, 1.165) is 33.7 Å². The summed E-state index contributed by atoms with van der Waals surface area (Å²) in [5.74, 6) is 0. The Bertz CT molecular complexity index is 596. The molecule has 0 bridgehead atoms. The fourth-order valence-electron chi connectivity index (χ4n) is 2.25. The van der Waals surface area contributed by atoms with Gasteiger partial charge in [-0.25, -0.2) is 0 Å². The SMILES string of the molecule is Cc1cccc(CN(C)c2cc(Br)ccc2C(C)N)n1. The van der Waals surface area contributed by atoms with Gasteiger partial charge in [0.15, 0.2) is 0 Å². The summed E-state index contributed by atoms with van der Waals surface area (Å²) in [5, 5.41) is 0. The van der Waals surface area contributed by atoms with Gasteiger partial charge in [-0.3, -0.25) is 4.98 Å². The van der Waals surface area contributed by atoms with E-state index in [9.17, 15) is 0 Å². The lowest BCUT2D eigenvalue weighted by Crippen LogP contribution is -2.21. The minimum absolute atomic E-state index is 0.00557. The van der Waals surface area contributed by atoms with Crippen LogP contribution in [0.1, 0.15) is 29.9 Å². The summed E-state index contributed by atoms with van der Waals surface area (Å²) in [6, 6.07) is 12.3. The Labute approximate surface area is 129 Å². The van der Waals surface area contributed by atoms with Crippen LogP contribution in [0, 0.1) is 6.92 Å². The van der Waals surface area contributed by atoms with Crippen molar-refractivity contribution < 1.29 is 0 Å². The number of hydrogen-bond donors (Lipinski definition) is 1. The zero-order valence-electron chi connectivity index (χ0n) is 12.1. The maximum absolute atomic E-state index is 6.06. The average Bonchev–Trinajstić information content (AvgIpc) is 2.38. The topological polar surface area (TPSA) is 42.1 Å². The van der Waals surface area contributed by atoms with Gasteiger partial charge in [-0.05, 0) is 43.7 Å². The minimum atomic E-state index is 0.00557. The highest BCUT2D eigenvalue weighted by Gasteiger charge is 2.12. The van der Waals surface area contributed by atoms with Crippen molar-refractivity contribution in [2.24, 2.45) is 5.73 Å². The molecule has 4 heteroatoms. The molecule has 1 atom stereocenters. The molecule has 0 amide bonds. The van der Waals surface area contributed by atoms with Gasteiger partial charge in [-0.1, -0.05) is 28.1 Å². The molecule has 0 aliphatic rings. The van der Waals surface area contributed by atoms with Crippen molar-refractivity contribution in [3.8, 4) is 0 Å². The van der Waals surface area contributed by atoms with Crippen LogP contribution >= 0.6 is 15.9 Å². The first-order chi connectivity index (χ1) is 9.47. The predicted molar refractivity (Wildman–Crippen MR) is 87.8 cm³/mol. The van der Waals surface area contributed by atoms with Crippen molar-refractivity contribution in [3.63, 3.8) is 0 Å². The van der Waals surface area contributed by atoms with Crippen LogP contribution in [-0.2, 0) is 6.54 Å². The second-order valence-electron chi connectivity index (χ2n) is 5.12. The molecule has 0 fully saturated rings. The third kappa shape index (κ3) is 3.58. The average molecular weight is 334 g/mol. The zero-order chi connectivity index (χ0) is 14.7. The second kappa shape index (κ2) is 6.37. The number of aryl methyl sites for hydroxylation is 1. The lowest BCUT2D eigenvalue weighted by Gasteiger charge is -2.24. The fourth-order valence-corrected chi connectivity index (χ4v) is 2.60. The Hall–Kier alpha value is -1.39. The molecule has 20 heavy (non-hydrogen) atoms. The summed E-state index contributed by atoms with van der Waals surface area (Å²) >= 11 is 3.53. The van der Waals surface area contributed by atoms with Crippen LogP contribution in [0.15, 0.2) is 40.9 Å². The zero-order valence-corrected chi connectivity index (χ0v) is 13.7. The van der Waals surface area contributed by atoms with E-state index in [-0.39, 0.29) is 6.04 Å². The number of rotatable bonds is 4. The summed E-state index contributed by atoms with van der Waals surface area (Å²) in [4.78, 5) is 6.74. The molecular weight excluding hydrogens is 314 g/mol. The Kier molecular flexibility index (Phi) is 4.78. The smallest absolute Gasteiger partial charge is 0.0600 e. The van der Waals surface area contributed by atoms with E-state index in [1.165, 1.54) is 0 Å². The number of hydrogen-bond acceptors (Lipinski definition) is 3. The van der Waals surface area contributed by atoms with Crippen molar-refractivity contribution >= 4 is 21.6 Å². The molecule has 1 aromatic carbocycles. The van der Waals surface area contributed by atoms with Crippen LogP contribution < -0.4 is 10.6 Å². The lowest BCUT2D eigenvalue weighted by atomic mass is 10.1. The molecule has 2 aromatic rings. The highest BCUT2D eigenvalue weighted by atomic mass is 79.9. The third-order valence-corrected chi connectivity index (χ3v) is 3.73. The normalized spacial score (nSPS) is 12.2. The molecule has 0 aliphatic heterocycles. The quantitative estimate of drug-likeness (QED) is 0.925. The van der Waals surface area contributed by atoms with E-state index in [1.807, 2.05) is 38.1 Å². The van der Waals surface area contributed by atoms with Crippen LogP contribution in [-0.4, -0.2) is 12.0 Å². The molecule has 0 radical (unpaired) electrons. The first-order valence-electron chi connectivity index (χ1n) is 6.66. The molecule has 2 N–H and O–H groups in total. The highest BCUT2D eigenvalue weighted by Crippen LogP contribution is 2.28. The summed E-state index contributed by atoms with van der Waals surface area (Å²) in [7, 11) is 2.07. The molecule has 0 aliphatic carbocycles. The lowest BCUT2D eigenvalue weighted by molar-refractivity contribution is 0.795. The van der Waals surface area contributed by atoms with Gasteiger partial charge in [0.25, 0.3) is 0 Å². The fraction of sp³-hybridized carbons (Fsp3) is 0.312. The molecule has 2 rings (SSSR count). The molecule has 1 unspecified atom stereocenters. The number of pyridine rings is 1. The van der Waals surface area contributed by atoms with Crippen LogP contribution in [0.5, 0.6) is 0 Å². The Morgan fingerprint density at radius 2 is 2.05 bits per heavy atom. The van der Waals surface area contributed by atoms with Crippen molar-refractivity contribution in [3.05, 3.63) is 57.8 Å². The number of nitrogens with zero attached hydrogens (tertiary/aromatic N) is 2. The van der Waals surface area contributed by atoms with Gasteiger partial charge in [0.2, 0.25) is 0 Å². The van der Waals surface area contributed by atoms with Crippen LogP contribution in [0.3, 0.4) is 0 Å². The minimum Gasteiger partial charge on any atom is -0.368 e. The first kappa shape index (κ1) is 15.0. The monoisotopic (exact) mass is 333 g/mol. The van der Waals surface area contributed by atoms with E-state index in [2.05, 4.69) is 45.0 Å². The van der Waals surface area contributed by atoms with Crippen molar-refractivity contribution in [2.75, 3.05) is 11.9 Å². The molecule has 0 spiro atoms. The Balaban J connectivity index is 2.28.